The van der Waals surface area contributed by atoms with Gasteiger partial charge in [-0.3, -0.25) is 4.57 Å². The first-order valence-electron chi connectivity index (χ1n) is 23.7. The van der Waals surface area contributed by atoms with Gasteiger partial charge in [0.25, 0.3) is 0 Å². The van der Waals surface area contributed by atoms with E-state index in [-0.39, 0.29) is 21.7 Å². The summed E-state index contributed by atoms with van der Waals surface area (Å²) in [6, 6.07) is 64.0. The van der Waals surface area contributed by atoms with Crippen molar-refractivity contribution in [1.29, 1.82) is 0 Å². The first kappa shape index (κ1) is 43.8. The van der Waals surface area contributed by atoms with Crippen LogP contribution in [-0.4, -0.2) is 16.2 Å². The third kappa shape index (κ3) is 8.05. The molecule has 0 fully saturated rings. The first-order valence-corrected chi connectivity index (χ1v) is 23.7. The van der Waals surface area contributed by atoms with Crippen molar-refractivity contribution in [2.45, 2.75) is 90.9 Å². The highest BCUT2D eigenvalue weighted by atomic mass is 16.5. The Balaban J connectivity index is 1.11. The maximum Gasteiger partial charge on any atom is 0.137 e. The summed E-state index contributed by atoms with van der Waals surface area (Å²) in [6.45, 7) is 23.5. The molecule has 0 bridgehead atoms. The summed E-state index contributed by atoms with van der Waals surface area (Å²) in [6.07, 6.45) is 1.95. The maximum absolute atomic E-state index is 7.14. The molecule has 0 spiro atoms. The zero-order valence-corrected chi connectivity index (χ0v) is 40.7. The van der Waals surface area contributed by atoms with Crippen LogP contribution >= 0.6 is 0 Å². The van der Waals surface area contributed by atoms with Crippen molar-refractivity contribution in [3.8, 4) is 17.3 Å². The van der Waals surface area contributed by atoms with Crippen LogP contribution in [0, 0.1) is 0 Å². The number of nitrogens with zero attached hydrogens (tertiary/aromatic N) is 4. The van der Waals surface area contributed by atoms with Crippen molar-refractivity contribution in [3.63, 3.8) is 0 Å². The van der Waals surface area contributed by atoms with Gasteiger partial charge in [-0.05, 0) is 117 Å². The lowest BCUT2D eigenvalue weighted by Gasteiger charge is -2.29. The van der Waals surface area contributed by atoms with E-state index in [0.717, 1.165) is 45.1 Å². The lowest BCUT2D eigenvalue weighted by atomic mass is 9.78. The van der Waals surface area contributed by atoms with Gasteiger partial charge in [0, 0.05) is 51.3 Å². The monoisotopic (exact) mass is 878 g/mol. The molecule has 3 heterocycles. The molecule has 9 aromatic rings. The molecule has 336 valence electrons. The second-order valence-electron chi connectivity index (χ2n) is 21.5. The fourth-order valence-corrected chi connectivity index (χ4v) is 9.84. The maximum atomic E-state index is 7.14. The quantitative estimate of drug-likeness (QED) is 0.145. The van der Waals surface area contributed by atoms with Crippen molar-refractivity contribution in [2.24, 2.45) is 0 Å². The Morgan fingerprint density at radius 3 is 1.64 bits per heavy atom. The number of hydrogen-bond donors (Lipinski definition) is 0. The molecule has 10 rings (SSSR count). The number of rotatable bonds is 9. The predicted molar refractivity (Wildman–Crippen MR) is 282 cm³/mol. The Kier molecular flexibility index (Phi) is 10.7. The van der Waals surface area contributed by atoms with Crippen LogP contribution in [0.15, 0.2) is 182 Å². The first-order chi connectivity index (χ1) is 32.0. The van der Waals surface area contributed by atoms with Gasteiger partial charge in [0.1, 0.15) is 24.0 Å². The second-order valence-corrected chi connectivity index (χ2v) is 21.5. The summed E-state index contributed by atoms with van der Waals surface area (Å²) >= 11 is 0. The third-order valence-electron chi connectivity index (χ3n) is 14.2. The molecule has 1 aliphatic rings. The molecule has 5 heteroatoms. The van der Waals surface area contributed by atoms with Crippen LogP contribution in [0.1, 0.15) is 103 Å². The molecule has 0 N–H and O–H groups in total. The Morgan fingerprint density at radius 2 is 0.985 bits per heavy atom. The number of fused-ring (bicyclic) bond motifs is 4. The van der Waals surface area contributed by atoms with Crippen LogP contribution in [0.4, 0.5) is 22.7 Å². The second kappa shape index (κ2) is 16.3. The van der Waals surface area contributed by atoms with Crippen LogP contribution in [0.5, 0.6) is 11.5 Å². The van der Waals surface area contributed by atoms with E-state index in [4.69, 9.17) is 9.72 Å². The molecule has 0 saturated heterocycles. The van der Waals surface area contributed by atoms with Crippen molar-refractivity contribution in [3.05, 3.63) is 216 Å². The Morgan fingerprint density at radius 1 is 0.403 bits per heavy atom. The number of para-hydroxylation sites is 2. The average molecular weight is 879 g/mol. The lowest BCUT2D eigenvalue weighted by molar-refractivity contribution is 0.480. The van der Waals surface area contributed by atoms with E-state index >= 15 is 0 Å². The van der Waals surface area contributed by atoms with E-state index in [1.807, 2.05) is 6.20 Å². The Hall–Kier alpha value is -7.11. The SMILES string of the molecule is CC(C)(C)c1cccc(N2CN(c3cc(Oc4ccc5c6cc(C(C)(C)c7ccccc7)ccc6n(-c6cc(C(C)(C)C)ccn6)c5c4)cc(C(C)(C)c4ccccc4)c3)c3ccccc32)c1. The fraction of sp³-hybridized carbons (Fsp3) is 0.242. The molecule has 0 amide bonds. The summed E-state index contributed by atoms with van der Waals surface area (Å²) in [5.41, 5.74) is 13.7. The minimum Gasteiger partial charge on any atom is -0.457 e. The highest BCUT2D eigenvalue weighted by Gasteiger charge is 2.32. The minimum absolute atomic E-state index is 0.0328. The van der Waals surface area contributed by atoms with Crippen molar-refractivity contribution < 1.29 is 4.74 Å². The normalized spacial score (nSPS) is 13.4. The Labute approximate surface area is 397 Å². The van der Waals surface area contributed by atoms with Gasteiger partial charge < -0.3 is 14.5 Å². The van der Waals surface area contributed by atoms with Gasteiger partial charge in [-0.2, -0.15) is 0 Å². The Bertz CT molecular complexity index is 3280. The molecular weight excluding hydrogens is 817 g/mol. The predicted octanol–water partition coefficient (Wildman–Crippen LogP) is 16.5. The smallest absolute Gasteiger partial charge is 0.137 e. The fourth-order valence-electron chi connectivity index (χ4n) is 9.84. The summed E-state index contributed by atoms with van der Waals surface area (Å²) in [5, 5.41) is 2.34. The summed E-state index contributed by atoms with van der Waals surface area (Å²) in [7, 11) is 0. The van der Waals surface area contributed by atoms with Crippen molar-refractivity contribution >= 4 is 44.6 Å². The summed E-state index contributed by atoms with van der Waals surface area (Å²) in [5.74, 6) is 2.43. The van der Waals surface area contributed by atoms with Gasteiger partial charge >= 0.3 is 0 Å². The summed E-state index contributed by atoms with van der Waals surface area (Å²) < 4.78 is 9.45. The van der Waals surface area contributed by atoms with E-state index in [1.54, 1.807) is 0 Å². The molecule has 7 aromatic carbocycles. The molecule has 0 unspecified atom stereocenters. The molecular formula is C62H62N4O. The zero-order chi connectivity index (χ0) is 46.9. The van der Waals surface area contributed by atoms with Crippen LogP contribution in [0.2, 0.25) is 0 Å². The van der Waals surface area contributed by atoms with Gasteiger partial charge in [-0.1, -0.05) is 160 Å². The number of ether oxygens (including phenoxy) is 1. The summed E-state index contributed by atoms with van der Waals surface area (Å²) in [4.78, 5) is 9.89. The van der Waals surface area contributed by atoms with Crippen LogP contribution in [0.3, 0.4) is 0 Å². The molecule has 5 nitrogen and oxygen atoms in total. The third-order valence-corrected chi connectivity index (χ3v) is 14.2. The van der Waals surface area contributed by atoms with Crippen LogP contribution in [0.25, 0.3) is 27.6 Å². The number of benzene rings is 7. The van der Waals surface area contributed by atoms with Crippen molar-refractivity contribution in [1.82, 2.24) is 9.55 Å². The number of hydrogen-bond acceptors (Lipinski definition) is 4. The number of aromatic nitrogens is 2. The molecule has 67 heavy (non-hydrogen) atoms. The molecule has 0 saturated carbocycles. The van der Waals surface area contributed by atoms with Crippen LogP contribution in [-0.2, 0) is 21.7 Å². The zero-order valence-electron chi connectivity index (χ0n) is 40.7. The van der Waals surface area contributed by atoms with Gasteiger partial charge in [0.2, 0.25) is 0 Å². The average Bonchev–Trinajstić information content (AvgIpc) is 3.87. The highest BCUT2D eigenvalue weighted by molar-refractivity contribution is 6.10. The van der Waals surface area contributed by atoms with Crippen molar-refractivity contribution in [2.75, 3.05) is 16.5 Å². The van der Waals surface area contributed by atoms with Crippen LogP contribution < -0.4 is 14.5 Å². The van der Waals surface area contributed by atoms with E-state index in [2.05, 4.69) is 260 Å². The van der Waals surface area contributed by atoms with Gasteiger partial charge in [-0.15, -0.1) is 0 Å². The van der Waals surface area contributed by atoms with Gasteiger partial charge in [0.05, 0.1) is 22.4 Å². The number of anilines is 4. The standard InChI is InChI=1S/C62H62N4O/c1-59(2,3)44-24-19-25-48(34-44)64-41-65(56-27-18-17-26-55(56)64)49-35-47(62(9,10)43-22-15-12-16-23-43)36-51(39-49)67-50-29-30-52-53-37-46(61(7,8)42-20-13-11-14-21-42)28-31-54(53)66(57(52)40-50)58-38-45(32-33-63-58)60(4,5)6/h11-40H,41H2,1-10H3. The molecule has 1 aliphatic heterocycles. The number of pyridine rings is 1. The van der Waals surface area contributed by atoms with E-state index in [0.29, 0.717) is 6.67 Å². The minimum atomic E-state index is -0.319. The van der Waals surface area contributed by atoms with Gasteiger partial charge in [-0.25, -0.2) is 4.98 Å². The topological polar surface area (TPSA) is 33.5 Å². The largest absolute Gasteiger partial charge is 0.457 e. The van der Waals surface area contributed by atoms with E-state index in [1.165, 1.54) is 50.1 Å². The molecule has 0 atom stereocenters. The van der Waals surface area contributed by atoms with E-state index < -0.39 is 0 Å². The highest BCUT2D eigenvalue weighted by Crippen LogP contribution is 2.48. The molecule has 2 aromatic heterocycles. The lowest BCUT2D eigenvalue weighted by Crippen LogP contribution is -2.25. The van der Waals surface area contributed by atoms with Gasteiger partial charge in [0.15, 0.2) is 0 Å². The molecule has 0 radical (unpaired) electrons. The molecule has 0 aliphatic carbocycles. The van der Waals surface area contributed by atoms with E-state index in [9.17, 15) is 0 Å².